The van der Waals surface area contributed by atoms with Crippen LogP contribution in [0.4, 0.5) is 13.2 Å². The number of aromatic nitrogens is 3. The first-order valence-corrected chi connectivity index (χ1v) is 4.42. The first kappa shape index (κ1) is 10.7. The minimum atomic E-state index is -4.50. The van der Waals surface area contributed by atoms with E-state index in [4.69, 9.17) is 4.42 Å². The maximum Gasteiger partial charge on any atom is 0.436 e. The average Bonchev–Trinajstić information content (AvgIpc) is 2.70. The Balaban J connectivity index is 2.46. The van der Waals surface area contributed by atoms with E-state index in [0.29, 0.717) is 0 Å². The van der Waals surface area contributed by atoms with Gasteiger partial charge in [0.1, 0.15) is 11.5 Å². The van der Waals surface area contributed by atoms with Crippen LogP contribution < -0.4 is 0 Å². The Morgan fingerprint density at radius 2 is 2.06 bits per heavy atom. The van der Waals surface area contributed by atoms with E-state index in [-0.39, 0.29) is 17.3 Å². The second kappa shape index (κ2) is 3.36. The number of nitrogens with zero attached hydrogens (tertiary/aromatic N) is 3. The third-order valence-corrected chi connectivity index (χ3v) is 2.00. The summed E-state index contributed by atoms with van der Waals surface area (Å²) >= 11 is 0. The molecule has 0 bridgehead atoms. The van der Waals surface area contributed by atoms with Crippen molar-refractivity contribution < 1.29 is 17.6 Å². The molecular weight excluding hydrogens is 223 g/mol. The van der Waals surface area contributed by atoms with Crippen LogP contribution in [0.25, 0.3) is 11.6 Å². The molecule has 2 aromatic heterocycles. The molecule has 7 heteroatoms. The van der Waals surface area contributed by atoms with Crippen molar-refractivity contribution in [2.45, 2.75) is 13.1 Å². The van der Waals surface area contributed by atoms with Crippen molar-refractivity contribution in [3.8, 4) is 11.6 Å². The molecule has 2 aromatic rings. The lowest BCUT2D eigenvalue weighted by Gasteiger charge is -2.00. The smallest absolute Gasteiger partial charge is 0.436 e. The highest BCUT2D eigenvalue weighted by molar-refractivity contribution is 5.46. The summed E-state index contributed by atoms with van der Waals surface area (Å²) < 4.78 is 43.7. The van der Waals surface area contributed by atoms with Gasteiger partial charge in [-0.2, -0.15) is 18.3 Å². The molecule has 0 aliphatic rings. The summed E-state index contributed by atoms with van der Waals surface area (Å²) in [5, 5.41) is 3.91. The van der Waals surface area contributed by atoms with Gasteiger partial charge in [0.2, 0.25) is 5.89 Å². The summed E-state index contributed by atoms with van der Waals surface area (Å²) in [4.78, 5) is 3.40. The molecule has 0 saturated heterocycles. The highest BCUT2D eigenvalue weighted by Gasteiger charge is 2.37. The van der Waals surface area contributed by atoms with E-state index in [9.17, 15) is 13.2 Å². The monoisotopic (exact) mass is 231 g/mol. The Labute approximate surface area is 88.7 Å². The van der Waals surface area contributed by atoms with Crippen LogP contribution in [0.5, 0.6) is 0 Å². The van der Waals surface area contributed by atoms with Gasteiger partial charge < -0.3 is 4.42 Å². The van der Waals surface area contributed by atoms with Crippen molar-refractivity contribution in [3.63, 3.8) is 0 Å². The molecule has 2 heterocycles. The van der Waals surface area contributed by atoms with Gasteiger partial charge in [-0.15, -0.1) is 0 Å². The SMILES string of the molecule is Cc1oc(-c2ccn(C)n2)nc1C(F)(F)F. The highest BCUT2D eigenvalue weighted by atomic mass is 19.4. The van der Waals surface area contributed by atoms with Crippen LogP contribution in [-0.4, -0.2) is 14.8 Å². The van der Waals surface area contributed by atoms with Gasteiger partial charge in [-0.05, 0) is 13.0 Å². The number of alkyl halides is 3. The molecule has 2 rings (SSSR count). The molecule has 0 amide bonds. The summed E-state index contributed by atoms with van der Waals surface area (Å²) in [6.07, 6.45) is -2.90. The van der Waals surface area contributed by atoms with E-state index in [2.05, 4.69) is 10.1 Å². The first-order chi connectivity index (χ1) is 7.38. The van der Waals surface area contributed by atoms with Gasteiger partial charge in [-0.25, -0.2) is 4.98 Å². The Morgan fingerprint density at radius 3 is 2.50 bits per heavy atom. The van der Waals surface area contributed by atoms with Gasteiger partial charge in [0, 0.05) is 13.2 Å². The second-order valence-corrected chi connectivity index (χ2v) is 3.30. The lowest BCUT2D eigenvalue weighted by atomic mass is 10.3. The molecule has 0 aliphatic heterocycles. The fourth-order valence-corrected chi connectivity index (χ4v) is 1.30. The number of aryl methyl sites for hydroxylation is 2. The third-order valence-electron chi connectivity index (χ3n) is 2.00. The van der Waals surface area contributed by atoms with Crippen LogP contribution in [-0.2, 0) is 13.2 Å². The Morgan fingerprint density at radius 1 is 1.38 bits per heavy atom. The molecule has 0 unspecified atom stereocenters. The molecular formula is C9H8F3N3O. The van der Waals surface area contributed by atoms with Gasteiger partial charge in [0.15, 0.2) is 5.69 Å². The van der Waals surface area contributed by atoms with E-state index >= 15 is 0 Å². The second-order valence-electron chi connectivity index (χ2n) is 3.30. The van der Waals surface area contributed by atoms with Crippen LogP contribution in [0, 0.1) is 6.92 Å². The molecule has 0 aliphatic carbocycles. The molecule has 0 aromatic carbocycles. The number of oxazole rings is 1. The van der Waals surface area contributed by atoms with E-state index in [1.54, 1.807) is 13.2 Å². The van der Waals surface area contributed by atoms with Gasteiger partial charge in [-0.1, -0.05) is 0 Å². The van der Waals surface area contributed by atoms with Crippen LogP contribution >= 0.6 is 0 Å². The molecule has 0 radical (unpaired) electrons. The predicted molar refractivity (Wildman–Crippen MR) is 48.4 cm³/mol. The normalized spacial score (nSPS) is 12.1. The van der Waals surface area contributed by atoms with E-state index in [1.807, 2.05) is 0 Å². The fraction of sp³-hybridized carbons (Fsp3) is 0.333. The third kappa shape index (κ3) is 1.80. The summed E-state index contributed by atoms with van der Waals surface area (Å²) in [6.45, 7) is 1.22. The number of hydrogen-bond donors (Lipinski definition) is 0. The van der Waals surface area contributed by atoms with E-state index in [0.717, 1.165) is 0 Å². The van der Waals surface area contributed by atoms with Gasteiger partial charge >= 0.3 is 6.18 Å². The van der Waals surface area contributed by atoms with Crippen molar-refractivity contribution in [2.75, 3.05) is 0 Å². The summed E-state index contributed by atoms with van der Waals surface area (Å²) in [5.41, 5.74) is -0.728. The summed E-state index contributed by atoms with van der Waals surface area (Å²) in [7, 11) is 1.66. The topological polar surface area (TPSA) is 43.9 Å². The van der Waals surface area contributed by atoms with Crippen molar-refractivity contribution >= 4 is 0 Å². The zero-order valence-electron chi connectivity index (χ0n) is 8.54. The minimum absolute atomic E-state index is 0.120. The number of hydrogen-bond acceptors (Lipinski definition) is 3. The number of halogens is 3. The molecule has 0 saturated carbocycles. The van der Waals surface area contributed by atoms with Crippen molar-refractivity contribution in [1.29, 1.82) is 0 Å². The quantitative estimate of drug-likeness (QED) is 0.756. The van der Waals surface area contributed by atoms with Crippen LogP contribution in [0.3, 0.4) is 0 Å². The standard InChI is InChI=1S/C9H8F3N3O/c1-5-7(9(10,11)12)13-8(16-5)6-3-4-15(2)14-6/h3-4H,1-2H3. The summed E-state index contributed by atoms with van der Waals surface area (Å²) in [5.74, 6) is -0.376. The zero-order chi connectivity index (χ0) is 11.9. The molecule has 0 atom stereocenters. The molecule has 0 fully saturated rings. The molecule has 0 N–H and O–H groups in total. The predicted octanol–water partition coefficient (Wildman–Crippen LogP) is 2.40. The maximum absolute atomic E-state index is 12.4. The van der Waals surface area contributed by atoms with E-state index in [1.165, 1.54) is 17.7 Å². The van der Waals surface area contributed by atoms with Crippen LogP contribution in [0.1, 0.15) is 11.5 Å². The van der Waals surface area contributed by atoms with Crippen LogP contribution in [0.15, 0.2) is 16.7 Å². The fourth-order valence-electron chi connectivity index (χ4n) is 1.30. The van der Waals surface area contributed by atoms with Gasteiger partial charge in [-0.3, -0.25) is 4.68 Å². The van der Waals surface area contributed by atoms with Crippen molar-refractivity contribution in [1.82, 2.24) is 14.8 Å². The van der Waals surface area contributed by atoms with Crippen molar-refractivity contribution in [3.05, 3.63) is 23.7 Å². The average molecular weight is 231 g/mol. The Hall–Kier alpha value is -1.79. The Bertz CT molecular complexity index is 512. The van der Waals surface area contributed by atoms with Gasteiger partial charge in [0.05, 0.1) is 0 Å². The van der Waals surface area contributed by atoms with Gasteiger partial charge in [0.25, 0.3) is 0 Å². The molecule has 86 valence electrons. The zero-order valence-corrected chi connectivity index (χ0v) is 8.54. The molecule has 0 spiro atoms. The minimum Gasteiger partial charge on any atom is -0.439 e. The Kier molecular flexibility index (Phi) is 2.25. The molecule has 16 heavy (non-hydrogen) atoms. The van der Waals surface area contributed by atoms with Crippen molar-refractivity contribution in [2.24, 2.45) is 7.05 Å². The van der Waals surface area contributed by atoms with E-state index < -0.39 is 11.9 Å². The number of rotatable bonds is 1. The van der Waals surface area contributed by atoms with Crippen LogP contribution in [0.2, 0.25) is 0 Å². The largest absolute Gasteiger partial charge is 0.439 e. The summed E-state index contributed by atoms with van der Waals surface area (Å²) in [6, 6.07) is 1.53. The maximum atomic E-state index is 12.4. The lowest BCUT2D eigenvalue weighted by Crippen LogP contribution is -2.07. The lowest BCUT2D eigenvalue weighted by molar-refractivity contribution is -0.141. The first-order valence-electron chi connectivity index (χ1n) is 4.42. The molecule has 4 nitrogen and oxygen atoms in total. The highest BCUT2D eigenvalue weighted by Crippen LogP contribution is 2.33.